The number of hydrogen-bond acceptors (Lipinski definition) is 3. The third kappa shape index (κ3) is 4.34. The summed E-state index contributed by atoms with van der Waals surface area (Å²) in [5.41, 5.74) is 3.68. The number of anilines is 2. The van der Waals surface area contributed by atoms with Crippen LogP contribution in [0.15, 0.2) is 54.9 Å². The molecular formula is C24H24ClN5O2. The van der Waals surface area contributed by atoms with Crippen LogP contribution >= 0.6 is 11.6 Å². The minimum atomic E-state index is -0.222. The predicted octanol–water partition coefficient (Wildman–Crippen LogP) is 4.15. The Labute approximate surface area is 191 Å². The average Bonchev–Trinajstić information content (AvgIpc) is 3.25. The average molecular weight is 450 g/mol. The van der Waals surface area contributed by atoms with E-state index in [4.69, 9.17) is 11.6 Å². The molecule has 0 bridgehead atoms. The van der Waals surface area contributed by atoms with E-state index in [1.54, 1.807) is 11.1 Å². The first kappa shape index (κ1) is 20.6. The molecule has 2 aliphatic rings. The topological polar surface area (TPSA) is 79.3 Å². The first-order chi connectivity index (χ1) is 15.5. The van der Waals surface area contributed by atoms with Gasteiger partial charge in [0.15, 0.2) is 0 Å². The van der Waals surface area contributed by atoms with Crippen molar-refractivity contribution < 1.29 is 9.59 Å². The van der Waals surface area contributed by atoms with Gasteiger partial charge in [-0.1, -0.05) is 23.7 Å². The number of amides is 3. The van der Waals surface area contributed by atoms with E-state index in [2.05, 4.69) is 20.2 Å². The summed E-state index contributed by atoms with van der Waals surface area (Å²) in [6.45, 7) is 1.35. The number of nitrogens with one attached hydrogen (secondary N) is 2. The molecule has 32 heavy (non-hydrogen) atoms. The summed E-state index contributed by atoms with van der Waals surface area (Å²) in [7, 11) is 0. The molecule has 5 rings (SSSR count). The Hall–Kier alpha value is -3.32. The first-order valence-corrected chi connectivity index (χ1v) is 11.2. The number of benzene rings is 2. The van der Waals surface area contributed by atoms with E-state index in [9.17, 15) is 9.59 Å². The van der Waals surface area contributed by atoms with Crippen LogP contribution in [0.1, 0.15) is 29.8 Å². The van der Waals surface area contributed by atoms with Crippen LogP contribution in [-0.2, 0) is 30.7 Å². The summed E-state index contributed by atoms with van der Waals surface area (Å²) in [5, 5.41) is 6.67. The molecule has 8 heteroatoms. The highest BCUT2D eigenvalue weighted by molar-refractivity contribution is 6.30. The van der Waals surface area contributed by atoms with Crippen LogP contribution in [0.25, 0.3) is 0 Å². The SMILES string of the molecule is O=C(Nc1ccc2c(c1)CCC(=O)N2Cc1ccc(Cl)cc1)NC1CCn2ccnc2C1. The highest BCUT2D eigenvalue weighted by atomic mass is 35.5. The highest BCUT2D eigenvalue weighted by Crippen LogP contribution is 2.31. The van der Waals surface area contributed by atoms with Gasteiger partial charge in [-0.25, -0.2) is 9.78 Å². The third-order valence-corrected chi connectivity index (χ3v) is 6.33. The van der Waals surface area contributed by atoms with Gasteiger partial charge in [0.25, 0.3) is 0 Å². The highest BCUT2D eigenvalue weighted by Gasteiger charge is 2.25. The number of carbonyl (C=O) groups is 2. The number of nitrogens with zero attached hydrogens (tertiary/aromatic N) is 3. The molecule has 0 aliphatic carbocycles. The molecule has 2 N–H and O–H groups in total. The fraction of sp³-hybridized carbons (Fsp3) is 0.292. The molecule has 0 radical (unpaired) electrons. The minimum Gasteiger partial charge on any atom is -0.335 e. The maximum absolute atomic E-state index is 12.6. The zero-order valence-electron chi connectivity index (χ0n) is 17.6. The number of aryl methyl sites for hydroxylation is 2. The van der Waals surface area contributed by atoms with Crippen molar-refractivity contribution in [3.8, 4) is 0 Å². The normalized spacial score (nSPS) is 17.5. The minimum absolute atomic E-state index is 0.0648. The fourth-order valence-electron chi connectivity index (χ4n) is 4.41. The summed E-state index contributed by atoms with van der Waals surface area (Å²) >= 11 is 5.98. The van der Waals surface area contributed by atoms with Crippen LogP contribution in [0.5, 0.6) is 0 Å². The lowest BCUT2D eigenvalue weighted by atomic mass is 9.99. The molecule has 3 aromatic rings. The van der Waals surface area contributed by atoms with Crippen LogP contribution in [0, 0.1) is 0 Å². The van der Waals surface area contributed by atoms with Crippen LogP contribution in [-0.4, -0.2) is 27.5 Å². The molecule has 7 nitrogen and oxygen atoms in total. The lowest BCUT2D eigenvalue weighted by molar-refractivity contribution is -0.119. The zero-order valence-corrected chi connectivity index (χ0v) is 18.3. The summed E-state index contributed by atoms with van der Waals surface area (Å²) in [4.78, 5) is 31.3. The Bertz CT molecular complexity index is 1160. The van der Waals surface area contributed by atoms with Crippen molar-refractivity contribution in [3.05, 3.63) is 76.8 Å². The van der Waals surface area contributed by atoms with E-state index in [0.29, 0.717) is 24.4 Å². The standard InChI is InChI=1S/C24H24ClN5O2/c25-18-4-1-16(2-5-18)15-30-21-7-6-19(13-17(21)3-8-23(30)31)27-24(32)28-20-9-11-29-12-10-26-22(29)14-20/h1-2,4-7,10,12-13,20H,3,8-9,11,14-15H2,(H2,27,28,32). The zero-order chi connectivity index (χ0) is 22.1. The van der Waals surface area contributed by atoms with Gasteiger partial charge in [-0.3, -0.25) is 4.79 Å². The van der Waals surface area contributed by atoms with Crippen LogP contribution in [0.4, 0.5) is 16.2 Å². The second kappa shape index (κ2) is 8.67. The van der Waals surface area contributed by atoms with Crippen LogP contribution in [0.3, 0.4) is 0 Å². The van der Waals surface area contributed by atoms with Gasteiger partial charge in [0.05, 0.1) is 6.54 Å². The lowest BCUT2D eigenvalue weighted by Crippen LogP contribution is -2.42. The Morgan fingerprint density at radius 1 is 1.16 bits per heavy atom. The number of halogens is 1. The summed E-state index contributed by atoms with van der Waals surface area (Å²) < 4.78 is 2.12. The molecule has 2 aromatic carbocycles. The van der Waals surface area contributed by atoms with Crippen LogP contribution in [0.2, 0.25) is 5.02 Å². The van der Waals surface area contributed by atoms with Gasteiger partial charge < -0.3 is 20.1 Å². The second-order valence-corrected chi connectivity index (χ2v) is 8.71. The third-order valence-electron chi connectivity index (χ3n) is 6.08. The summed E-state index contributed by atoms with van der Waals surface area (Å²) in [5.74, 6) is 1.10. The van der Waals surface area contributed by atoms with Crippen molar-refractivity contribution in [2.45, 2.75) is 44.8 Å². The van der Waals surface area contributed by atoms with Crippen molar-refractivity contribution >= 4 is 34.9 Å². The van der Waals surface area contributed by atoms with E-state index in [1.807, 2.05) is 48.7 Å². The Kier molecular flexibility index (Phi) is 5.57. The predicted molar refractivity (Wildman–Crippen MR) is 124 cm³/mol. The number of fused-ring (bicyclic) bond motifs is 2. The number of hydrogen-bond donors (Lipinski definition) is 2. The van der Waals surface area contributed by atoms with Gasteiger partial charge in [0, 0.05) is 54.2 Å². The molecule has 2 aliphatic heterocycles. The smallest absolute Gasteiger partial charge is 0.319 e. The molecular weight excluding hydrogens is 426 g/mol. The monoisotopic (exact) mass is 449 g/mol. The first-order valence-electron chi connectivity index (χ1n) is 10.8. The molecule has 1 aromatic heterocycles. The fourth-order valence-corrected chi connectivity index (χ4v) is 4.54. The maximum Gasteiger partial charge on any atom is 0.319 e. The Balaban J connectivity index is 1.25. The lowest BCUT2D eigenvalue weighted by Gasteiger charge is -2.30. The maximum atomic E-state index is 12.6. The van der Waals surface area contributed by atoms with Crippen molar-refractivity contribution in [1.29, 1.82) is 0 Å². The number of aromatic nitrogens is 2. The molecule has 0 fully saturated rings. The van der Waals surface area contributed by atoms with Gasteiger partial charge in [0.2, 0.25) is 5.91 Å². The molecule has 0 saturated carbocycles. The molecule has 0 spiro atoms. The molecule has 3 heterocycles. The van der Waals surface area contributed by atoms with E-state index >= 15 is 0 Å². The number of rotatable bonds is 4. The van der Waals surface area contributed by atoms with Crippen molar-refractivity contribution in [2.75, 3.05) is 10.2 Å². The molecule has 164 valence electrons. The van der Waals surface area contributed by atoms with E-state index in [-0.39, 0.29) is 18.0 Å². The van der Waals surface area contributed by atoms with Crippen molar-refractivity contribution in [2.24, 2.45) is 0 Å². The van der Waals surface area contributed by atoms with Crippen molar-refractivity contribution in [3.63, 3.8) is 0 Å². The van der Waals surface area contributed by atoms with Gasteiger partial charge in [-0.2, -0.15) is 0 Å². The molecule has 0 saturated heterocycles. The van der Waals surface area contributed by atoms with E-state index in [1.165, 1.54) is 0 Å². The largest absolute Gasteiger partial charge is 0.335 e. The van der Waals surface area contributed by atoms with Crippen molar-refractivity contribution in [1.82, 2.24) is 14.9 Å². The molecule has 1 unspecified atom stereocenters. The van der Waals surface area contributed by atoms with Gasteiger partial charge >= 0.3 is 6.03 Å². The second-order valence-electron chi connectivity index (χ2n) is 8.27. The quantitative estimate of drug-likeness (QED) is 0.628. The van der Waals surface area contributed by atoms with Gasteiger partial charge in [-0.05, 0) is 54.3 Å². The molecule has 1 atom stereocenters. The summed E-state index contributed by atoms with van der Waals surface area (Å²) in [6, 6.07) is 13.1. The Morgan fingerprint density at radius 3 is 2.84 bits per heavy atom. The van der Waals surface area contributed by atoms with Gasteiger partial charge in [-0.15, -0.1) is 0 Å². The number of urea groups is 1. The Morgan fingerprint density at radius 2 is 2.00 bits per heavy atom. The van der Waals surface area contributed by atoms with Gasteiger partial charge in [0.1, 0.15) is 5.82 Å². The number of imidazole rings is 1. The molecule has 3 amide bonds. The van der Waals surface area contributed by atoms with Crippen LogP contribution < -0.4 is 15.5 Å². The number of carbonyl (C=O) groups excluding carboxylic acids is 2. The van der Waals surface area contributed by atoms with E-state index in [0.717, 1.165) is 47.7 Å². The summed E-state index contributed by atoms with van der Waals surface area (Å²) in [6.07, 6.45) is 6.49. The van der Waals surface area contributed by atoms with E-state index < -0.39 is 0 Å².